The van der Waals surface area contributed by atoms with E-state index in [1.807, 2.05) is 6.20 Å². The van der Waals surface area contributed by atoms with E-state index in [0.717, 1.165) is 38.1 Å². The van der Waals surface area contributed by atoms with Crippen molar-refractivity contribution in [1.29, 1.82) is 0 Å². The Morgan fingerprint density at radius 1 is 1.53 bits per heavy atom. The van der Waals surface area contributed by atoms with Crippen molar-refractivity contribution in [2.24, 2.45) is 5.73 Å². The number of nitrogens with two attached hydrogens (primary N) is 1. The Hall–Kier alpha value is -0.980. The zero-order chi connectivity index (χ0) is 11.9. The molecular formula is C11H20N4O2. The second-order valence-electron chi connectivity index (χ2n) is 4.22. The predicted octanol–water partition coefficient (Wildman–Crippen LogP) is 0.670. The monoisotopic (exact) mass is 240 g/mol. The number of hydrogen-bond acceptors (Lipinski definition) is 5. The zero-order valence-corrected chi connectivity index (χ0v) is 10.0. The van der Waals surface area contributed by atoms with Gasteiger partial charge in [0.25, 0.3) is 0 Å². The van der Waals surface area contributed by atoms with Crippen molar-refractivity contribution in [2.45, 2.75) is 45.1 Å². The molecule has 2 rings (SSSR count). The molecule has 1 aromatic heterocycles. The van der Waals surface area contributed by atoms with Gasteiger partial charge < -0.3 is 15.2 Å². The summed E-state index contributed by atoms with van der Waals surface area (Å²) in [4.78, 5) is 0. The van der Waals surface area contributed by atoms with Gasteiger partial charge in [0.1, 0.15) is 5.69 Å². The summed E-state index contributed by atoms with van der Waals surface area (Å²) >= 11 is 0. The van der Waals surface area contributed by atoms with Crippen LogP contribution in [0.4, 0.5) is 0 Å². The van der Waals surface area contributed by atoms with Crippen LogP contribution in [-0.2, 0) is 22.6 Å². The van der Waals surface area contributed by atoms with Crippen molar-refractivity contribution in [3.8, 4) is 0 Å². The normalized spacial score (nSPS) is 20.6. The highest BCUT2D eigenvalue weighted by Crippen LogP contribution is 2.14. The molecular weight excluding hydrogens is 220 g/mol. The fourth-order valence-electron chi connectivity index (χ4n) is 1.79. The fraction of sp³-hybridized carbons (Fsp3) is 0.818. The smallest absolute Gasteiger partial charge is 0.158 e. The van der Waals surface area contributed by atoms with Crippen molar-refractivity contribution in [3.63, 3.8) is 0 Å². The van der Waals surface area contributed by atoms with Gasteiger partial charge in [0.15, 0.2) is 6.29 Å². The summed E-state index contributed by atoms with van der Waals surface area (Å²) in [6.07, 6.45) is 6.02. The summed E-state index contributed by atoms with van der Waals surface area (Å²) in [5.74, 6) is 0. The largest absolute Gasteiger partial charge is 0.353 e. The molecule has 6 heteroatoms. The number of ether oxygens (including phenoxy) is 2. The molecule has 0 aromatic carbocycles. The molecule has 0 bridgehead atoms. The van der Waals surface area contributed by atoms with Crippen molar-refractivity contribution in [3.05, 3.63) is 11.9 Å². The average Bonchev–Trinajstić information content (AvgIpc) is 2.83. The second-order valence-corrected chi connectivity index (χ2v) is 4.22. The topological polar surface area (TPSA) is 75.2 Å². The summed E-state index contributed by atoms with van der Waals surface area (Å²) in [5, 5.41) is 8.05. The maximum Gasteiger partial charge on any atom is 0.158 e. The van der Waals surface area contributed by atoms with Crippen LogP contribution in [-0.4, -0.2) is 34.4 Å². The van der Waals surface area contributed by atoms with Crippen LogP contribution in [0.25, 0.3) is 0 Å². The Morgan fingerprint density at radius 2 is 2.47 bits per heavy atom. The molecule has 6 nitrogen and oxygen atoms in total. The Balaban J connectivity index is 1.72. The lowest BCUT2D eigenvalue weighted by Crippen LogP contribution is -2.22. The molecule has 0 unspecified atom stereocenters. The van der Waals surface area contributed by atoms with E-state index in [0.29, 0.717) is 13.2 Å². The highest BCUT2D eigenvalue weighted by Gasteiger charge is 2.14. The van der Waals surface area contributed by atoms with E-state index in [1.165, 1.54) is 6.42 Å². The Labute approximate surface area is 101 Å². The first-order valence-corrected chi connectivity index (χ1v) is 6.21. The van der Waals surface area contributed by atoms with Gasteiger partial charge in [-0.05, 0) is 32.2 Å². The van der Waals surface area contributed by atoms with Crippen LogP contribution >= 0.6 is 0 Å². The Kier molecular flexibility index (Phi) is 4.90. The highest BCUT2D eigenvalue weighted by molar-refractivity contribution is 4.89. The predicted molar refractivity (Wildman–Crippen MR) is 62.1 cm³/mol. The van der Waals surface area contributed by atoms with Crippen LogP contribution < -0.4 is 5.73 Å². The molecule has 0 aliphatic carbocycles. The van der Waals surface area contributed by atoms with E-state index in [-0.39, 0.29) is 6.29 Å². The molecule has 17 heavy (non-hydrogen) atoms. The Morgan fingerprint density at radius 3 is 3.24 bits per heavy atom. The van der Waals surface area contributed by atoms with E-state index in [1.54, 1.807) is 4.68 Å². The molecule has 0 radical (unpaired) electrons. The molecule has 0 saturated carbocycles. The van der Waals surface area contributed by atoms with E-state index in [9.17, 15) is 0 Å². The SMILES string of the molecule is NCCCn1cc(CO[C@H]2CCCCO2)nn1. The van der Waals surface area contributed by atoms with Gasteiger partial charge in [-0.15, -0.1) is 5.10 Å². The average molecular weight is 240 g/mol. The third-order valence-electron chi connectivity index (χ3n) is 2.73. The minimum atomic E-state index is -0.0714. The number of nitrogens with zero attached hydrogens (tertiary/aromatic N) is 3. The maximum atomic E-state index is 5.62. The molecule has 1 aromatic rings. The maximum absolute atomic E-state index is 5.62. The number of aromatic nitrogens is 3. The van der Waals surface area contributed by atoms with Crippen LogP contribution in [0.15, 0.2) is 6.20 Å². The summed E-state index contributed by atoms with van der Waals surface area (Å²) in [7, 11) is 0. The third-order valence-corrected chi connectivity index (χ3v) is 2.73. The quantitative estimate of drug-likeness (QED) is 0.791. The highest BCUT2D eigenvalue weighted by atomic mass is 16.7. The van der Waals surface area contributed by atoms with Gasteiger partial charge in [-0.25, -0.2) is 0 Å². The lowest BCUT2D eigenvalue weighted by molar-refractivity contribution is -0.169. The minimum absolute atomic E-state index is 0.0714. The lowest BCUT2D eigenvalue weighted by Gasteiger charge is -2.22. The Bertz CT molecular complexity index is 323. The van der Waals surface area contributed by atoms with Gasteiger partial charge in [0, 0.05) is 13.2 Å². The molecule has 1 saturated heterocycles. The number of aryl methyl sites for hydroxylation is 1. The summed E-state index contributed by atoms with van der Waals surface area (Å²) in [6, 6.07) is 0. The van der Waals surface area contributed by atoms with Gasteiger partial charge in [0.2, 0.25) is 0 Å². The van der Waals surface area contributed by atoms with Crippen molar-refractivity contribution >= 4 is 0 Å². The van der Waals surface area contributed by atoms with Crippen LogP contribution in [0.2, 0.25) is 0 Å². The zero-order valence-electron chi connectivity index (χ0n) is 10.0. The molecule has 1 fully saturated rings. The molecule has 2 heterocycles. The first-order valence-electron chi connectivity index (χ1n) is 6.21. The first-order chi connectivity index (χ1) is 8.38. The van der Waals surface area contributed by atoms with Gasteiger partial charge in [-0.3, -0.25) is 4.68 Å². The molecule has 0 amide bonds. The van der Waals surface area contributed by atoms with Crippen molar-refractivity contribution in [1.82, 2.24) is 15.0 Å². The second kappa shape index (κ2) is 6.68. The van der Waals surface area contributed by atoms with Crippen molar-refractivity contribution in [2.75, 3.05) is 13.2 Å². The summed E-state index contributed by atoms with van der Waals surface area (Å²) in [6.45, 7) is 2.74. The molecule has 1 aliphatic rings. The number of rotatable bonds is 6. The lowest BCUT2D eigenvalue weighted by atomic mass is 10.2. The summed E-state index contributed by atoms with van der Waals surface area (Å²) in [5.41, 5.74) is 6.28. The van der Waals surface area contributed by atoms with Crippen LogP contribution in [0.3, 0.4) is 0 Å². The van der Waals surface area contributed by atoms with E-state index in [4.69, 9.17) is 15.2 Å². The standard InChI is InChI=1S/C11H20N4O2/c12-5-3-6-15-8-10(13-14-15)9-17-11-4-1-2-7-16-11/h8,11H,1-7,9,12H2/t11-/m0/s1. The first kappa shape index (κ1) is 12.5. The van der Waals surface area contributed by atoms with Gasteiger partial charge >= 0.3 is 0 Å². The van der Waals surface area contributed by atoms with Gasteiger partial charge in [-0.1, -0.05) is 5.21 Å². The van der Waals surface area contributed by atoms with Crippen LogP contribution in [0.5, 0.6) is 0 Å². The molecule has 1 atom stereocenters. The molecule has 1 aliphatic heterocycles. The molecule has 0 spiro atoms. The minimum Gasteiger partial charge on any atom is -0.353 e. The van der Waals surface area contributed by atoms with E-state index < -0.39 is 0 Å². The van der Waals surface area contributed by atoms with E-state index in [2.05, 4.69) is 10.3 Å². The summed E-state index contributed by atoms with van der Waals surface area (Å²) < 4.78 is 12.9. The molecule has 2 N–H and O–H groups in total. The van der Waals surface area contributed by atoms with Crippen LogP contribution in [0.1, 0.15) is 31.4 Å². The van der Waals surface area contributed by atoms with Crippen molar-refractivity contribution < 1.29 is 9.47 Å². The molecule has 96 valence electrons. The third kappa shape index (κ3) is 4.07. The van der Waals surface area contributed by atoms with E-state index >= 15 is 0 Å². The fourth-order valence-corrected chi connectivity index (χ4v) is 1.79. The van der Waals surface area contributed by atoms with Crippen LogP contribution in [0, 0.1) is 0 Å². The number of hydrogen-bond donors (Lipinski definition) is 1. The van der Waals surface area contributed by atoms with Gasteiger partial charge in [-0.2, -0.15) is 0 Å². The van der Waals surface area contributed by atoms with Gasteiger partial charge in [0.05, 0.1) is 12.8 Å².